The number of aryl methyl sites for hydroxylation is 1. The molecule has 0 aliphatic carbocycles. The number of benzene rings is 1. The molecule has 1 amide bonds. The van der Waals surface area contributed by atoms with Crippen molar-refractivity contribution in [3.8, 4) is 0 Å². The zero-order valence-corrected chi connectivity index (χ0v) is 16.2. The first-order chi connectivity index (χ1) is 13.6. The van der Waals surface area contributed by atoms with Crippen LogP contribution in [0.5, 0.6) is 0 Å². The number of carbonyl (C=O) groups is 1. The number of anilines is 2. The Labute approximate surface area is 166 Å². The quantitative estimate of drug-likeness (QED) is 0.812. The Morgan fingerprint density at radius 2 is 1.86 bits per heavy atom. The molecular weight excluding hydrogens is 407 g/mol. The van der Waals surface area contributed by atoms with E-state index in [1.54, 1.807) is 18.3 Å². The highest BCUT2D eigenvalue weighted by atomic mass is 32.2. The summed E-state index contributed by atoms with van der Waals surface area (Å²) in [7, 11) is -5.37. The van der Waals surface area contributed by atoms with Crippen molar-refractivity contribution in [2.45, 2.75) is 23.7 Å². The summed E-state index contributed by atoms with van der Waals surface area (Å²) in [6.07, 6.45) is 3.75. The van der Waals surface area contributed by atoms with Crippen LogP contribution in [0.25, 0.3) is 0 Å². The number of rotatable bonds is 4. The maximum absolute atomic E-state index is 12.6. The van der Waals surface area contributed by atoms with Crippen LogP contribution in [0.4, 0.5) is 24.7 Å². The molecule has 0 spiro atoms. The fourth-order valence-electron chi connectivity index (χ4n) is 2.88. The maximum Gasteiger partial charge on any atom is 0.501 e. The number of hydrogen-bond donors (Lipinski definition) is 1. The molecule has 2 aromatic rings. The molecule has 1 aliphatic rings. The molecule has 154 valence electrons. The van der Waals surface area contributed by atoms with Crippen molar-refractivity contribution < 1.29 is 26.4 Å². The van der Waals surface area contributed by atoms with Crippen LogP contribution in [-0.4, -0.2) is 37.9 Å². The fourth-order valence-corrected chi connectivity index (χ4v) is 3.65. The van der Waals surface area contributed by atoms with E-state index in [1.165, 1.54) is 12.1 Å². The van der Waals surface area contributed by atoms with Crippen LogP contribution >= 0.6 is 0 Å². The Balaban J connectivity index is 1.68. The van der Waals surface area contributed by atoms with Crippen molar-refractivity contribution in [2.24, 2.45) is 0 Å². The molecule has 0 saturated carbocycles. The zero-order chi connectivity index (χ0) is 21.2. The molecule has 0 unspecified atom stereocenters. The lowest BCUT2D eigenvalue weighted by molar-refractivity contribution is -0.113. The van der Waals surface area contributed by atoms with Gasteiger partial charge in [0.25, 0.3) is 15.7 Å². The van der Waals surface area contributed by atoms with E-state index in [-0.39, 0.29) is 5.91 Å². The summed E-state index contributed by atoms with van der Waals surface area (Å²) in [5.74, 6) is 0.236. The van der Waals surface area contributed by atoms with Crippen LogP contribution in [0.15, 0.2) is 59.1 Å². The van der Waals surface area contributed by atoms with Crippen molar-refractivity contribution in [1.82, 2.24) is 4.98 Å². The second-order valence-corrected chi connectivity index (χ2v) is 8.43. The smallest absolute Gasteiger partial charge is 0.367 e. The van der Waals surface area contributed by atoms with Gasteiger partial charge < -0.3 is 10.2 Å². The Morgan fingerprint density at radius 3 is 2.41 bits per heavy atom. The van der Waals surface area contributed by atoms with Crippen LogP contribution in [0.3, 0.4) is 0 Å². The van der Waals surface area contributed by atoms with Crippen molar-refractivity contribution >= 4 is 27.2 Å². The van der Waals surface area contributed by atoms with E-state index in [0.717, 1.165) is 17.7 Å². The van der Waals surface area contributed by atoms with Crippen LogP contribution in [0, 0.1) is 6.92 Å². The number of amides is 1. The van der Waals surface area contributed by atoms with Crippen molar-refractivity contribution in [3.05, 3.63) is 59.8 Å². The molecule has 1 aromatic carbocycles. The lowest BCUT2D eigenvalue weighted by atomic mass is 10.1. The molecule has 1 N–H and O–H groups in total. The molecule has 10 heteroatoms. The van der Waals surface area contributed by atoms with Gasteiger partial charge in [0.1, 0.15) is 5.82 Å². The van der Waals surface area contributed by atoms with Gasteiger partial charge in [-0.15, -0.1) is 0 Å². The van der Waals surface area contributed by atoms with Gasteiger partial charge in [0, 0.05) is 30.5 Å². The number of alkyl halides is 3. The Kier molecular flexibility index (Phi) is 5.65. The van der Waals surface area contributed by atoms with E-state index in [0.29, 0.717) is 36.6 Å². The van der Waals surface area contributed by atoms with Gasteiger partial charge in [-0.2, -0.15) is 13.2 Å². The molecule has 0 atom stereocenters. The molecular formula is C19H18F3N3O3S. The minimum Gasteiger partial charge on any atom is -0.367 e. The van der Waals surface area contributed by atoms with Crippen LogP contribution in [0.2, 0.25) is 0 Å². The van der Waals surface area contributed by atoms with Crippen molar-refractivity contribution in [3.63, 3.8) is 0 Å². The molecule has 6 nitrogen and oxygen atoms in total. The van der Waals surface area contributed by atoms with Crippen molar-refractivity contribution in [1.29, 1.82) is 0 Å². The third kappa shape index (κ3) is 4.42. The fraction of sp³-hybridized carbons (Fsp3) is 0.263. The highest BCUT2D eigenvalue weighted by Gasteiger charge is 2.46. The minimum absolute atomic E-state index is 0.252. The molecule has 0 saturated heterocycles. The van der Waals surface area contributed by atoms with Gasteiger partial charge >= 0.3 is 5.51 Å². The predicted octanol–water partition coefficient (Wildman–Crippen LogP) is 3.46. The lowest BCUT2D eigenvalue weighted by Crippen LogP contribution is -2.31. The third-order valence-electron chi connectivity index (χ3n) is 4.56. The van der Waals surface area contributed by atoms with Gasteiger partial charge in [-0.3, -0.25) is 4.79 Å². The summed E-state index contributed by atoms with van der Waals surface area (Å²) in [6, 6.07) is 8.14. The molecule has 0 radical (unpaired) electrons. The predicted molar refractivity (Wildman–Crippen MR) is 102 cm³/mol. The summed E-state index contributed by atoms with van der Waals surface area (Å²) >= 11 is 0. The van der Waals surface area contributed by atoms with Gasteiger partial charge in [-0.05, 0) is 49.2 Å². The minimum atomic E-state index is -5.37. The van der Waals surface area contributed by atoms with Gasteiger partial charge in [-0.25, -0.2) is 13.4 Å². The summed E-state index contributed by atoms with van der Waals surface area (Å²) in [5, 5.41) is 2.76. The first-order valence-electron chi connectivity index (χ1n) is 8.68. The van der Waals surface area contributed by atoms with Crippen LogP contribution in [-0.2, 0) is 14.6 Å². The standard InChI is InChI=1S/C19H18F3N3O3S/c1-13-3-2-10-23-17(13)24-18(26)14-8-11-25(12-9-14)15-4-6-16(7-5-15)29(27,28)19(20,21)22/h2-8,10H,9,11-12H2,1H3,(H,23,24,26). The normalized spacial score (nSPS) is 15.0. The zero-order valence-electron chi connectivity index (χ0n) is 15.4. The number of carbonyl (C=O) groups excluding carboxylic acids is 1. The first kappa shape index (κ1) is 20.8. The summed E-state index contributed by atoms with van der Waals surface area (Å²) in [6.45, 7) is 2.67. The second-order valence-electron chi connectivity index (χ2n) is 6.49. The molecule has 0 bridgehead atoms. The van der Waals surface area contributed by atoms with E-state index in [9.17, 15) is 26.4 Å². The number of pyridine rings is 1. The first-order valence-corrected chi connectivity index (χ1v) is 10.2. The van der Waals surface area contributed by atoms with E-state index in [1.807, 2.05) is 17.9 Å². The number of aromatic nitrogens is 1. The van der Waals surface area contributed by atoms with Crippen LogP contribution in [0.1, 0.15) is 12.0 Å². The van der Waals surface area contributed by atoms with Crippen molar-refractivity contribution in [2.75, 3.05) is 23.3 Å². The molecule has 1 aliphatic heterocycles. The monoisotopic (exact) mass is 425 g/mol. The summed E-state index contributed by atoms with van der Waals surface area (Å²) in [5.41, 5.74) is -3.34. The van der Waals surface area contributed by atoms with Gasteiger partial charge in [0.05, 0.1) is 4.90 Å². The average Bonchev–Trinajstić information content (AvgIpc) is 2.69. The van der Waals surface area contributed by atoms with Crippen LogP contribution < -0.4 is 10.2 Å². The van der Waals surface area contributed by atoms with E-state index in [4.69, 9.17) is 0 Å². The highest BCUT2D eigenvalue weighted by molar-refractivity contribution is 7.92. The largest absolute Gasteiger partial charge is 0.501 e. The number of hydrogen-bond acceptors (Lipinski definition) is 5. The maximum atomic E-state index is 12.6. The molecule has 3 rings (SSSR count). The Hall–Kier alpha value is -2.88. The average molecular weight is 425 g/mol. The topological polar surface area (TPSA) is 79.4 Å². The van der Waals surface area contributed by atoms with Gasteiger partial charge in [-0.1, -0.05) is 12.1 Å². The number of halogens is 3. The van der Waals surface area contributed by atoms with E-state index in [2.05, 4.69) is 10.3 Å². The third-order valence-corrected chi connectivity index (χ3v) is 6.06. The summed E-state index contributed by atoms with van der Waals surface area (Å²) < 4.78 is 60.7. The lowest BCUT2D eigenvalue weighted by Gasteiger charge is -2.28. The Morgan fingerprint density at radius 1 is 1.17 bits per heavy atom. The van der Waals surface area contributed by atoms with Gasteiger partial charge in [0.15, 0.2) is 0 Å². The van der Waals surface area contributed by atoms with E-state index >= 15 is 0 Å². The molecule has 1 aromatic heterocycles. The number of nitrogens with one attached hydrogen (secondary N) is 1. The Bertz CT molecular complexity index is 1050. The molecule has 0 fully saturated rings. The highest BCUT2D eigenvalue weighted by Crippen LogP contribution is 2.31. The second kappa shape index (κ2) is 7.86. The summed E-state index contributed by atoms with van der Waals surface area (Å²) in [4.78, 5) is 17.6. The molecule has 29 heavy (non-hydrogen) atoms. The van der Waals surface area contributed by atoms with Gasteiger partial charge in [0.2, 0.25) is 0 Å². The molecule has 2 heterocycles. The SMILES string of the molecule is Cc1cccnc1NC(=O)C1=CCN(c2ccc(S(=O)(=O)C(F)(F)F)cc2)CC1. The number of sulfone groups is 1. The number of nitrogens with zero attached hydrogens (tertiary/aromatic N) is 2. The van der Waals surface area contributed by atoms with E-state index < -0.39 is 20.2 Å².